The van der Waals surface area contributed by atoms with Crippen LogP contribution in [0.4, 0.5) is 0 Å². The molecule has 0 fully saturated rings. The van der Waals surface area contributed by atoms with E-state index in [-0.39, 0.29) is 11.9 Å². The van der Waals surface area contributed by atoms with Gasteiger partial charge in [0.05, 0.1) is 20.3 Å². The van der Waals surface area contributed by atoms with Gasteiger partial charge in [-0.15, -0.1) is 0 Å². The van der Waals surface area contributed by atoms with Crippen LogP contribution in [0.15, 0.2) is 66.7 Å². The Hall–Kier alpha value is -2.98. The van der Waals surface area contributed by atoms with Gasteiger partial charge in [-0.25, -0.2) is 0 Å². The second-order valence-corrected chi connectivity index (χ2v) is 7.41. The monoisotopic (exact) mass is 407 g/mol. The number of carbonyl (C=O) groups is 1. The van der Waals surface area contributed by atoms with Crippen LogP contribution in [0.5, 0.6) is 11.5 Å². The minimum Gasteiger partial charge on any atom is -0.493 e. The van der Waals surface area contributed by atoms with E-state index in [2.05, 4.69) is 12.1 Å². The summed E-state index contributed by atoms with van der Waals surface area (Å²) in [6.07, 6.45) is 0.741. The summed E-state index contributed by atoms with van der Waals surface area (Å²) in [5.74, 6) is 1.32. The van der Waals surface area contributed by atoms with E-state index < -0.39 is 0 Å². The molecule has 0 aliphatic carbocycles. The van der Waals surface area contributed by atoms with Gasteiger partial charge in [-0.1, -0.05) is 48.0 Å². The molecule has 0 bridgehead atoms. The average molecular weight is 408 g/mol. The molecule has 1 atom stereocenters. The summed E-state index contributed by atoms with van der Waals surface area (Å²) in [4.78, 5) is 15.3. The van der Waals surface area contributed by atoms with E-state index in [1.54, 1.807) is 38.5 Å². The largest absolute Gasteiger partial charge is 0.493 e. The maximum atomic E-state index is 13.4. The van der Waals surface area contributed by atoms with Crippen molar-refractivity contribution in [3.8, 4) is 11.5 Å². The topological polar surface area (TPSA) is 38.8 Å². The van der Waals surface area contributed by atoms with Crippen molar-refractivity contribution >= 4 is 17.5 Å². The molecule has 5 heteroatoms. The molecule has 0 saturated heterocycles. The lowest BCUT2D eigenvalue weighted by atomic mass is 9.87. The Morgan fingerprint density at radius 1 is 0.966 bits per heavy atom. The van der Waals surface area contributed by atoms with Crippen molar-refractivity contribution in [2.75, 3.05) is 20.8 Å². The number of rotatable bonds is 4. The third kappa shape index (κ3) is 3.68. The number of hydrogen-bond donors (Lipinski definition) is 0. The molecule has 4 nitrogen and oxygen atoms in total. The Morgan fingerprint density at radius 3 is 2.38 bits per heavy atom. The number of nitrogens with zero attached hydrogens (tertiary/aromatic N) is 1. The van der Waals surface area contributed by atoms with Gasteiger partial charge in [0, 0.05) is 17.1 Å². The first kappa shape index (κ1) is 19.3. The molecule has 4 rings (SSSR count). The van der Waals surface area contributed by atoms with Crippen molar-refractivity contribution in [2.45, 2.75) is 12.5 Å². The predicted molar refractivity (Wildman–Crippen MR) is 114 cm³/mol. The first-order chi connectivity index (χ1) is 14.1. The third-order valence-electron chi connectivity index (χ3n) is 5.32. The summed E-state index contributed by atoms with van der Waals surface area (Å²) in [5.41, 5.74) is 3.85. The number of amides is 1. The molecular formula is C24H22ClNO3. The molecule has 3 aromatic carbocycles. The quantitative estimate of drug-likeness (QED) is 0.600. The van der Waals surface area contributed by atoms with Gasteiger partial charge in [0.15, 0.2) is 11.5 Å². The van der Waals surface area contributed by atoms with Gasteiger partial charge < -0.3 is 14.4 Å². The lowest BCUT2D eigenvalue weighted by Gasteiger charge is -2.38. The van der Waals surface area contributed by atoms with Crippen LogP contribution in [0.25, 0.3) is 0 Å². The molecule has 0 N–H and O–H groups in total. The Labute approximate surface area is 175 Å². The highest BCUT2D eigenvalue weighted by molar-refractivity contribution is 6.30. The third-order valence-corrected chi connectivity index (χ3v) is 5.56. The molecule has 3 aromatic rings. The summed E-state index contributed by atoms with van der Waals surface area (Å²) in [6.45, 7) is 0.605. The molecule has 0 radical (unpaired) electrons. The van der Waals surface area contributed by atoms with Crippen LogP contribution in [-0.4, -0.2) is 31.6 Å². The van der Waals surface area contributed by atoms with Gasteiger partial charge in [-0.3, -0.25) is 4.79 Å². The van der Waals surface area contributed by atoms with Crippen LogP contribution in [0, 0.1) is 0 Å². The predicted octanol–water partition coefficient (Wildman–Crippen LogP) is 5.15. The number of hydrogen-bond acceptors (Lipinski definition) is 3. The summed E-state index contributed by atoms with van der Waals surface area (Å²) < 4.78 is 11.0. The molecule has 1 heterocycles. The minimum absolute atomic E-state index is 0.0400. The van der Waals surface area contributed by atoms with Crippen molar-refractivity contribution in [1.82, 2.24) is 4.90 Å². The SMILES string of the molecule is COc1cc2c(cc1OC)[C@@H](c1ccccc1)N(C(=O)c1cccc(Cl)c1)CC2. The average Bonchev–Trinajstić information content (AvgIpc) is 2.77. The number of fused-ring (bicyclic) bond motifs is 1. The standard InChI is InChI=1S/C24H22ClNO3/c1-28-21-14-17-11-12-26(24(27)18-9-6-10-19(25)13-18)23(16-7-4-3-5-8-16)20(17)15-22(21)29-2/h3-10,13-15,23H,11-12H2,1-2H3/t23-/m1/s1. The molecule has 1 aliphatic heterocycles. The zero-order valence-corrected chi connectivity index (χ0v) is 17.1. The summed E-state index contributed by atoms with van der Waals surface area (Å²) in [6, 6.07) is 21.0. The second kappa shape index (κ2) is 8.18. The molecule has 1 amide bonds. The fourth-order valence-corrected chi connectivity index (χ4v) is 4.14. The van der Waals surface area contributed by atoms with Crippen molar-refractivity contribution in [3.05, 3.63) is 94.0 Å². The van der Waals surface area contributed by atoms with E-state index in [1.165, 1.54) is 0 Å². The highest BCUT2D eigenvalue weighted by Crippen LogP contribution is 2.41. The van der Waals surface area contributed by atoms with Crippen molar-refractivity contribution in [1.29, 1.82) is 0 Å². The Balaban J connectivity index is 1.84. The van der Waals surface area contributed by atoms with Gasteiger partial charge >= 0.3 is 0 Å². The Bertz CT molecular complexity index is 1040. The zero-order valence-electron chi connectivity index (χ0n) is 16.4. The first-order valence-electron chi connectivity index (χ1n) is 9.48. The van der Waals surface area contributed by atoms with E-state index in [4.69, 9.17) is 21.1 Å². The first-order valence-corrected chi connectivity index (χ1v) is 9.86. The molecule has 0 spiro atoms. The van der Waals surface area contributed by atoms with Crippen LogP contribution < -0.4 is 9.47 Å². The van der Waals surface area contributed by atoms with Crippen molar-refractivity contribution in [2.24, 2.45) is 0 Å². The van der Waals surface area contributed by atoms with Gasteiger partial charge in [-0.2, -0.15) is 0 Å². The number of ether oxygens (including phenoxy) is 2. The maximum absolute atomic E-state index is 13.4. The molecule has 0 unspecified atom stereocenters. The summed E-state index contributed by atoms with van der Waals surface area (Å²) in [5, 5.41) is 0.552. The maximum Gasteiger partial charge on any atom is 0.254 e. The van der Waals surface area contributed by atoms with Crippen LogP contribution in [0.2, 0.25) is 5.02 Å². The lowest BCUT2D eigenvalue weighted by molar-refractivity contribution is 0.0694. The number of methoxy groups -OCH3 is 2. The van der Waals surface area contributed by atoms with E-state index >= 15 is 0 Å². The van der Waals surface area contributed by atoms with Gasteiger partial charge in [0.2, 0.25) is 0 Å². The van der Waals surface area contributed by atoms with Crippen LogP contribution >= 0.6 is 11.6 Å². The highest BCUT2D eigenvalue weighted by atomic mass is 35.5. The molecular weight excluding hydrogens is 386 g/mol. The highest BCUT2D eigenvalue weighted by Gasteiger charge is 2.33. The fraction of sp³-hybridized carbons (Fsp3) is 0.208. The summed E-state index contributed by atoms with van der Waals surface area (Å²) >= 11 is 6.13. The van der Waals surface area contributed by atoms with E-state index in [1.807, 2.05) is 35.2 Å². The Kier molecular flexibility index (Phi) is 5.45. The molecule has 29 heavy (non-hydrogen) atoms. The van der Waals surface area contributed by atoms with Crippen molar-refractivity contribution in [3.63, 3.8) is 0 Å². The molecule has 0 aromatic heterocycles. The molecule has 1 aliphatic rings. The van der Waals surface area contributed by atoms with Gasteiger partial charge in [0.25, 0.3) is 5.91 Å². The van der Waals surface area contributed by atoms with Crippen LogP contribution in [-0.2, 0) is 6.42 Å². The van der Waals surface area contributed by atoms with E-state index in [9.17, 15) is 4.79 Å². The number of carbonyl (C=O) groups excluding carboxylic acids is 1. The second-order valence-electron chi connectivity index (χ2n) is 6.98. The van der Waals surface area contributed by atoms with Crippen molar-refractivity contribution < 1.29 is 14.3 Å². The fourth-order valence-electron chi connectivity index (χ4n) is 3.95. The summed E-state index contributed by atoms with van der Waals surface area (Å²) in [7, 11) is 3.26. The number of benzene rings is 3. The van der Waals surface area contributed by atoms with E-state index in [0.29, 0.717) is 28.6 Å². The molecule has 0 saturated carbocycles. The van der Waals surface area contributed by atoms with Gasteiger partial charge in [-0.05, 0) is 53.4 Å². The molecule has 148 valence electrons. The van der Waals surface area contributed by atoms with E-state index in [0.717, 1.165) is 23.1 Å². The number of halogens is 1. The van der Waals surface area contributed by atoms with Crippen LogP contribution in [0.3, 0.4) is 0 Å². The minimum atomic E-state index is -0.216. The smallest absolute Gasteiger partial charge is 0.254 e. The lowest BCUT2D eigenvalue weighted by Crippen LogP contribution is -2.40. The zero-order chi connectivity index (χ0) is 20.4. The van der Waals surface area contributed by atoms with Crippen LogP contribution in [0.1, 0.15) is 33.1 Å². The Morgan fingerprint density at radius 2 is 1.69 bits per heavy atom. The van der Waals surface area contributed by atoms with Gasteiger partial charge in [0.1, 0.15) is 0 Å². The normalized spacial score (nSPS) is 15.6.